The molecule has 0 aliphatic carbocycles. The third kappa shape index (κ3) is 4.91. The van der Waals surface area contributed by atoms with Crippen LogP contribution in [0, 0.1) is 17.6 Å². The van der Waals surface area contributed by atoms with Crippen molar-refractivity contribution < 1.29 is 13.6 Å². The average molecular weight is 520 g/mol. The van der Waals surface area contributed by atoms with E-state index in [1.807, 2.05) is 43.3 Å². The van der Waals surface area contributed by atoms with Crippen molar-refractivity contribution in [3.63, 3.8) is 0 Å². The van der Waals surface area contributed by atoms with E-state index < -0.39 is 23.2 Å². The predicted octanol–water partition coefficient (Wildman–Crippen LogP) is 6.86. The Morgan fingerprint density at radius 3 is 2.62 bits per heavy atom. The number of pyridine rings is 2. The first-order valence-corrected chi connectivity index (χ1v) is 12.4. The van der Waals surface area contributed by atoms with Crippen molar-refractivity contribution in [2.75, 3.05) is 5.32 Å². The molecule has 0 unspecified atom stereocenters. The Bertz CT molecular complexity index is 1550. The van der Waals surface area contributed by atoms with Crippen LogP contribution in [-0.2, 0) is 4.79 Å². The summed E-state index contributed by atoms with van der Waals surface area (Å²) in [7, 11) is 0. The molecular formula is C29H24ClF2N3O2. The van der Waals surface area contributed by atoms with Crippen molar-refractivity contribution >= 4 is 23.2 Å². The van der Waals surface area contributed by atoms with Crippen LogP contribution in [0.3, 0.4) is 0 Å². The Balaban J connectivity index is 1.61. The minimum absolute atomic E-state index is 0.0639. The van der Waals surface area contributed by atoms with Gasteiger partial charge in [-0.2, -0.15) is 0 Å². The molecule has 1 aliphatic rings. The van der Waals surface area contributed by atoms with E-state index in [-0.39, 0.29) is 28.0 Å². The molecule has 5 rings (SSSR count). The fourth-order valence-electron chi connectivity index (χ4n) is 4.77. The second-order valence-electron chi connectivity index (χ2n) is 9.23. The van der Waals surface area contributed by atoms with E-state index >= 15 is 0 Å². The predicted molar refractivity (Wildman–Crippen MR) is 141 cm³/mol. The number of hydrogen-bond acceptors (Lipinski definition) is 3. The Morgan fingerprint density at radius 2 is 1.81 bits per heavy atom. The zero-order valence-corrected chi connectivity index (χ0v) is 20.8. The quantitative estimate of drug-likeness (QED) is 0.294. The van der Waals surface area contributed by atoms with Crippen molar-refractivity contribution in [3.8, 4) is 22.3 Å². The summed E-state index contributed by atoms with van der Waals surface area (Å²) in [4.78, 5) is 30.7. The van der Waals surface area contributed by atoms with Gasteiger partial charge in [0.15, 0.2) is 5.82 Å². The zero-order chi connectivity index (χ0) is 26.1. The molecule has 5 nitrogen and oxygen atoms in total. The summed E-state index contributed by atoms with van der Waals surface area (Å²) in [6.45, 7) is 1.88. The number of nitrogens with one attached hydrogen (secondary N) is 1. The zero-order valence-electron chi connectivity index (χ0n) is 20.0. The minimum Gasteiger partial charge on any atom is -0.325 e. The highest BCUT2D eigenvalue weighted by molar-refractivity contribution is 6.31. The smallest absolute Gasteiger partial charge is 0.251 e. The maximum Gasteiger partial charge on any atom is 0.251 e. The average Bonchev–Trinajstić information content (AvgIpc) is 2.89. The highest BCUT2D eigenvalue weighted by atomic mass is 35.5. The molecule has 1 aliphatic heterocycles. The molecule has 0 spiro atoms. The topological polar surface area (TPSA) is 64.0 Å². The van der Waals surface area contributed by atoms with E-state index in [0.29, 0.717) is 30.6 Å². The van der Waals surface area contributed by atoms with Gasteiger partial charge in [-0.3, -0.25) is 14.6 Å². The van der Waals surface area contributed by atoms with Gasteiger partial charge in [0.05, 0.1) is 22.3 Å². The van der Waals surface area contributed by atoms with Crippen LogP contribution in [0.25, 0.3) is 22.3 Å². The summed E-state index contributed by atoms with van der Waals surface area (Å²) < 4.78 is 30.6. The number of carbonyl (C=O) groups is 1. The van der Waals surface area contributed by atoms with Crippen LogP contribution in [0.15, 0.2) is 77.9 Å². The second-order valence-corrected chi connectivity index (χ2v) is 9.64. The van der Waals surface area contributed by atoms with Crippen LogP contribution in [0.1, 0.15) is 37.9 Å². The van der Waals surface area contributed by atoms with Crippen LogP contribution >= 0.6 is 11.6 Å². The summed E-state index contributed by atoms with van der Waals surface area (Å²) in [5.41, 5.74) is 2.43. The monoisotopic (exact) mass is 519 g/mol. The molecule has 2 bridgehead atoms. The number of rotatable bonds is 2. The molecule has 0 radical (unpaired) electrons. The molecule has 1 amide bonds. The summed E-state index contributed by atoms with van der Waals surface area (Å²) in [5, 5.41) is 2.82. The standard InChI is InChI=1S/C29H24ClF2N3O2/c1-17-5-4-8-25(24-15-18(11-13-33-24)20-6-2-3-7-23(20)34-29(17)37)35-14-12-19(16-26(35)36)27-22(31)10-9-21(30)28(27)32/h2-3,6-7,9-17,25H,4-5,8H2,1H3,(H,34,37)/t17-,25+/m1/s1. The van der Waals surface area contributed by atoms with E-state index in [0.717, 1.165) is 23.3 Å². The SMILES string of the molecule is C[C@@H]1CCC[C@H](n2ccc(-c3c(F)ccc(Cl)c3F)cc2=O)c2cc(ccn2)-c2ccccc2NC1=O. The number of anilines is 1. The number of hydrogen-bond donors (Lipinski definition) is 1. The molecule has 4 aromatic rings. The first kappa shape index (κ1) is 24.8. The van der Waals surface area contributed by atoms with E-state index in [9.17, 15) is 18.4 Å². The van der Waals surface area contributed by atoms with Gasteiger partial charge in [-0.1, -0.05) is 43.1 Å². The van der Waals surface area contributed by atoms with Gasteiger partial charge in [0, 0.05) is 35.6 Å². The molecule has 0 saturated carbocycles. The van der Waals surface area contributed by atoms with E-state index in [1.165, 1.54) is 22.9 Å². The lowest BCUT2D eigenvalue weighted by atomic mass is 9.95. The molecule has 2 aromatic carbocycles. The molecular weight excluding hydrogens is 496 g/mol. The van der Waals surface area contributed by atoms with E-state index in [4.69, 9.17) is 11.6 Å². The first-order valence-electron chi connectivity index (χ1n) is 12.1. The van der Waals surface area contributed by atoms with Crippen LogP contribution in [0.2, 0.25) is 5.02 Å². The van der Waals surface area contributed by atoms with Gasteiger partial charge in [-0.05, 0) is 60.4 Å². The van der Waals surface area contributed by atoms with Gasteiger partial charge in [0.25, 0.3) is 5.56 Å². The molecule has 2 atom stereocenters. The molecule has 3 heterocycles. The summed E-state index contributed by atoms with van der Waals surface area (Å²) in [5.74, 6) is -2.01. The van der Waals surface area contributed by atoms with Gasteiger partial charge in [-0.25, -0.2) is 8.78 Å². The Hall–Kier alpha value is -3.84. The molecule has 1 N–H and O–H groups in total. The van der Waals surface area contributed by atoms with Gasteiger partial charge < -0.3 is 9.88 Å². The lowest BCUT2D eigenvalue weighted by Gasteiger charge is -2.23. The Kier molecular flexibility index (Phi) is 6.89. The van der Waals surface area contributed by atoms with Crippen LogP contribution in [0.5, 0.6) is 0 Å². The van der Waals surface area contributed by atoms with Crippen LogP contribution in [-0.4, -0.2) is 15.5 Å². The summed E-state index contributed by atoms with van der Waals surface area (Å²) in [6.07, 6.45) is 5.05. The molecule has 188 valence electrons. The van der Waals surface area contributed by atoms with Crippen molar-refractivity contribution in [2.45, 2.75) is 32.2 Å². The van der Waals surface area contributed by atoms with Crippen molar-refractivity contribution in [1.82, 2.24) is 9.55 Å². The molecule has 37 heavy (non-hydrogen) atoms. The summed E-state index contributed by atoms with van der Waals surface area (Å²) in [6, 6.07) is 15.8. The fraction of sp³-hybridized carbons (Fsp3) is 0.207. The first-order chi connectivity index (χ1) is 17.8. The number of carbonyl (C=O) groups excluding carboxylic acids is 1. The minimum atomic E-state index is -0.912. The number of halogens is 3. The highest BCUT2D eigenvalue weighted by Crippen LogP contribution is 2.34. The number of amides is 1. The molecule has 0 fully saturated rings. The van der Waals surface area contributed by atoms with Crippen LogP contribution < -0.4 is 10.9 Å². The number of benzene rings is 2. The highest BCUT2D eigenvalue weighted by Gasteiger charge is 2.23. The lowest BCUT2D eigenvalue weighted by Crippen LogP contribution is -2.26. The second kappa shape index (κ2) is 10.3. The number of nitrogens with zero attached hydrogens (tertiary/aromatic N) is 2. The van der Waals surface area contributed by atoms with Gasteiger partial charge in [-0.15, -0.1) is 0 Å². The van der Waals surface area contributed by atoms with Crippen molar-refractivity contribution in [1.29, 1.82) is 0 Å². The number of para-hydroxylation sites is 1. The molecule has 2 aromatic heterocycles. The Labute approximate surface area is 217 Å². The number of aromatic nitrogens is 2. The van der Waals surface area contributed by atoms with Crippen molar-refractivity contribution in [3.05, 3.63) is 106 Å². The van der Waals surface area contributed by atoms with E-state index in [1.54, 1.807) is 6.20 Å². The largest absolute Gasteiger partial charge is 0.325 e. The Morgan fingerprint density at radius 1 is 1.00 bits per heavy atom. The summed E-state index contributed by atoms with van der Waals surface area (Å²) >= 11 is 5.85. The van der Waals surface area contributed by atoms with E-state index in [2.05, 4.69) is 10.3 Å². The van der Waals surface area contributed by atoms with Gasteiger partial charge >= 0.3 is 0 Å². The fourth-order valence-corrected chi connectivity index (χ4v) is 4.93. The molecule has 8 heteroatoms. The third-order valence-electron chi connectivity index (χ3n) is 6.80. The van der Waals surface area contributed by atoms with Gasteiger partial charge in [0.2, 0.25) is 5.91 Å². The van der Waals surface area contributed by atoms with Crippen LogP contribution in [0.4, 0.5) is 14.5 Å². The molecule has 0 saturated heterocycles. The lowest BCUT2D eigenvalue weighted by molar-refractivity contribution is -0.119. The maximum absolute atomic E-state index is 14.6. The van der Waals surface area contributed by atoms with Gasteiger partial charge in [0.1, 0.15) is 5.82 Å². The van der Waals surface area contributed by atoms with Crippen molar-refractivity contribution in [2.24, 2.45) is 5.92 Å². The normalized spacial score (nSPS) is 17.8. The third-order valence-corrected chi connectivity index (χ3v) is 7.09. The number of fused-ring (bicyclic) bond motifs is 4. The maximum atomic E-state index is 14.6.